The molecule has 0 aliphatic carbocycles. The zero-order valence-corrected chi connectivity index (χ0v) is 13.9. The number of aromatic nitrogens is 2. The summed E-state index contributed by atoms with van der Waals surface area (Å²) in [7, 11) is 0. The number of halogens is 1. The first-order valence-corrected chi connectivity index (χ1v) is 7.96. The van der Waals surface area contributed by atoms with Crippen molar-refractivity contribution in [2.75, 3.05) is 13.2 Å². The first-order valence-electron chi connectivity index (χ1n) is 7.96. The van der Waals surface area contributed by atoms with Crippen molar-refractivity contribution < 1.29 is 18.7 Å². The van der Waals surface area contributed by atoms with Crippen LogP contribution in [0.4, 0.5) is 4.39 Å². The van der Waals surface area contributed by atoms with Gasteiger partial charge in [0.25, 0.3) is 0 Å². The van der Waals surface area contributed by atoms with Gasteiger partial charge in [-0.2, -0.15) is 0 Å². The lowest BCUT2D eigenvalue weighted by molar-refractivity contribution is 0.0483. The molecule has 1 aliphatic heterocycles. The van der Waals surface area contributed by atoms with Gasteiger partial charge < -0.3 is 9.47 Å². The van der Waals surface area contributed by atoms with Gasteiger partial charge in [0.1, 0.15) is 17.2 Å². The van der Waals surface area contributed by atoms with Crippen molar-refractivity contribution in [2.45, 2.75) is 33.3 Å². The first kappa shape index (κ1) is 16.5. The largest absolute Gasteiger partial charge is 0.461 e. The van der Waals surface area contributed by atoms with E-state index in [2.05, 4.69) is 9.97 Å². The van der Waals surface area contributed by atoms with E-state index >= 15 is 0 Å². The van der Waals surface area contributed by atoms with E-state index in [4.69, 9.17) is 9.47 Å². The molecule has 1 atom stereocenters. The Morgan fingerprint density at radius 1 is 1.46 bits per heavy atom. The van der Waals surface area contributed by atoms with Crippen molar-refractivity contribution >= 4 is 5.97 Å². The van der Waals surface area contributed by atoms with Crippen LogP contribution in [0.3, 0.4) is 0 Å². The number of fused-ring (bicyclic) bond motifs is 1. The number of carbonyl (C=O) groups excluding carboxylic acids is 1. The second-order valence-corrected chi connectivity index (χ2v) is 5.75. The molecule has 2 aromatic rings. The molecule has 6 heteroatoms. The molecule has 3 heterocycles. The molecular weight excluding hydrogens is 311 g/mol. The highest BCUT2D eigenvalue weighted by Gasteiger charge is 2.26. The SMILES string of the molecule is CCOC(=O)c1cc(-c2ncc(C)cc2F)c2c(n1)[C@@H](C)OCC2. The van der Waals surface area contributed by atoms with Crippen LogP contribution in [0.2, 0.25) is 0 Å². The maximum absolute atomic E-state index is 14.5. The molecule has 3 rings (SSSR count). The summed E-state index contributed by atoms with van der Waals surface area (Å²) in [4.78, 5) is 20.7. The molecule has 1 aliphatic rings. The van der Waals surface area contributed by atoms with Gasteiger partial charge in [-0.1, -0.05) is 0 Å². The summed E-state index contributed by atoms with van der Waals surface area (Å²) in [6.45, 7) is 6.14. The van der Waals surface area contributed by atoms with Crippen LogP contribution in [-0.4, -0.2) is 29.2 Å². The molecule has 5 nitrogen and oxygen atoms in total. The summed E-state index contributed by atoms with van der Waals surface area (Å²) in [5.41, 5.74) is 3.20. The molecule has 0 saturated heterocycles. The van der Waals surface area contributed by atoms with Gasteiger partial charge in [-0.15, -0.1) is 0 Å². The maximum atomic E-state index is 14.5. The Hall–Kier alpha value is -2.34. The van der Waals surface area contributed by atoms with Crippen LogP contribution in [-0.2, 0) is 15.9 Å². The van der Waals surface area contributed by atoms with Gasteiger partial charge in [-0.3, -0.25) is 4.98 Å². The summed E-state index contributed by atoms with van der Waals surface area (Å²) in [6, 6.07) is 3.00. The lowest BCUT2D eigenvalue weighted by Crippen LogP contribution is -2.20. The van der Waals surface area contributed by atoms with Crippen molar-refractivity contribution in [2.24, 2.45) is 0 Å². The Balaban J connectivity index is 2.21. The lowest BCUT2D eigenvalue weighted by atomic mass is 9.95. The highest BCUT2D eigenvalue weighted by molar-refractivity contribution is 5.89. The number of pyridine rings is 2. The van der Waals surface area contributed by atoms with Gasteiger partial charge in [0, 0.05) is 11.8 Å². The van der Waals surface area contributed by atoms with Gasteiger partial charge in [0.15, 0.2) is 0 Å². The highest BCUT2D eigenvalue weighted by Crippen LogP contribution is 2.34. The van der Waals surface area contributed by atoms with Crippen LogP contribution in [0.5, 0.6) is 0 Å². The topological polar surface area (TPSA) is 61.3 Å². The van der Waals surface area contributed by atoms with E-state index in [1.165, 1.54) is 6.07 Å². The molecule has 0 radical (unpaired) electrons. The average Bonchev–Trinajstić information content (AvgIpc) is 2.55. The minimum Gasteiger partial charge on any atom is -0.461 e. The number of aryl methyl sites for hydroxylation is 1. The van der Waals surface area contributed by atoms with Crippen LogP contribution in [0, 0.1) is 12.7 Å². The van der Waals surface area contributed by atoms with Crippen molar-refractivity contribution in [3.8, 4) is 11.3 Å². The summed E-state index contributed by atoms with van der Waals surface area (Å²) in [5.74, 6) is -0.954. The summed E-state index contributed by atoms with van der Waals surface area (Å²) in [5, 5.41) is 0. The van der Waals surface area contributed by atoms with Crippen molar-refractivity contribution in [1.29, 1.82) is 0 Å². The molecule has 0 amide bonds. The normalized spacial score (nSPS) is 16.6. The fourth-order valence-electron chi connectivity index (χ4n) is 2.86. The van der Waals surface area contributed by atoms with Gasteiger partial charge >= 0.3 is 5.97 Å². The van der Waals surface area contributed by atoms with Crippen LogP contribution in [0.1, 0.15) is 47.3 Å². The van der Waals surface area contributed by atoms with Gasteiger partial charge in [-0.25, -0.2) is 14.2 Å². The average molecular weight is 330 g/mol. The molecule has 0 fully saturated rings. The molecule has 0 saturated carbocycles. The lowest BCUT2D eigenvalue weighted by Gasteiger charge is -2.25. The van der Waals surface area contributed by atoms with Gasteiger partial charge in [0.2, 0.25) is 0 Å². The zero-order chi connectivity index (χ0) is 17.3. The maximum Gasteiger partial charge on any atom is 0.356 e. The number of hydrogen-bond donors (Lipinski definition) is 0. The molecule has 24 heavy (non-hydrogen) atoms. The molecule has 126 valence electrons. The van der Waals surface area contributed by atoms with E-state index in [0.717, 1.165) is 11.1 Å². The third-order valence-corrected chi connectivity index (χ3v) is 3.98. The van der Waals surface area contributed by atoms with Gasteiger partial charge in [-0.05, 0) is 50.5 Å². The Morgan fingerprint density at radius 2 is 2.25 bits per heavy atom. The first-order chi connectivity index (χ1) is 11.5. The quantitative estimate of drug-likeness (QED) is 0.807. The molecule has 0 spiro atoms. The molecule has 0 unspecified atom stereocenters. The van der Waals surface area contributed by atoms with E-state index in [0.29, 0.717) is 24.3 Å². The number of esters is 1. The highest BCUT2D eigenvalue weighted by atomic mass is 19.1. The Morgan fingerprint density at radius 3 is 2.96 bits per heavy atom. The molecule has 0 N–H and O–H groups in total. The predicted octanol–water partition coefficient (Wildman–Crippen LogP) is 3.40. The minimum absolute atomic E-state index is 0.143. The molecule has 0 aromatic carbocycles. The minimum atomic E-state index is -0.535. The van der Waals surface area contributed by atoms with Crippen molar-refractivity contribution in [1.82, 2.24) is 9.97 Å². The van der Waals surface area contributed by atoms with E-state index in [1.807, 2.05) is 6.92 Å². The number of hydrogen-bond acceptors (Lipinski definition) is 5. The monoisotopic (exact) mass is 330 g/mol. The summed E-state index contributed by atoms with van der Waals surface area (Å²) >= 11 is 0. The smallest absolute Gasteiger partial charge is 0.356 e. The van der Waals surface area contributed by atoms with Crippen LogP contribution >= 0.6 is 0 Å². The van der Waals surface area contributed by atoms with E-state index in [1.54, 1.807) is 26.1 Å². The second kappa shape index (κ2) is 6.65. The van der Waals surface area contributed by atoms with Crippen LogP contribution < -0.4 is 0 Å². The number of ether oxygens (including phenoxy) is 2. The van der Waals surface area contributed by atoms with Crippen molar-refractivity contribution in [3.63, 3.8) is 0 Å². The summed E-state index contributed by atoms with van der Waals surface area (Å²) in [6.07, 6.45) is 1.94. The molecule has 0 bridgehead atoms. The number of carbonyl (C=O) groups is 1. The third-order valence-electron chi connectivity index (χ3n) is 3.98. The van der Waals surface area contributed by atoms with E-state index < -0.39 is 11.8 Å². The van der Waals surface area contributed by atoms with E-state index in [9.17, 15) is 9.18 Å². The van der Waals surface area contributed by atoms with Crippen LogP contribution in [0.15, 0.2) is 18.3 Å². The predicted molar refractivity (Wildman–Crippen MR) is 86.2 cm³/mol. The second-order valence-electron chi connectivity index (χ2n) is 5.75. The zero-order valence-electron chi connectivity index (χ0n) is 13.9. The standard InChI is InChI=1S/C18H19FN2O3/c1-4-23-18(22)15-8-13(17-14(19)7-10(2)9-20-17)12-5-6-24-11(3)16(12)21-15/h7-9,11H,4-6H2,1-3H3/t11-/m1/s1. The Kier molecular flexibility index (Phi) is 4.57. The fourth-order valence-corrected chi connectivity index (χ4v) is 2.86. The van der Waals surface area contributed by atoms with Crippen LogP contribution in [0.25, 0.3) is 11.3 Å². The molecule has 2 aromatic heterocycles. The Labute approximate surface area is 139 Å². The Bertz CT molecular complexity index is 792. The van der Waals surface area contributed by atoms with Crippen molar-refractivity contribution in [3.05, 3.63) is 46.7 Å². The summed E-state index contributed by atoms with van der Waals surface area (Å²) < 4.78 is 25.1. The molecular formula is C18H19FN2O3. The van der Waals surface area contributed by atoms with E-state index in [-0.39, 0.29) is 24.1 Å². The number of nitrogens with zero attached hydrogens (tertiary/aromatic N) is 2. The van der Waals surface area contributed by atoms with Gasteiger partial charge in [0.05, 0.1) is 25.0 Å². The fraction of sp³-hybridized carbons (Fsp3) is 0.389. The number of rotatable bonds is 3. The third kappa shape index (κ3) is 3.01.